The third-order valence-electron chi connectivity index (χ3n) is 4.12. The van der Waals surface area contributed by atoms with Crippen LogP contribution in [-0.4, -0.2) is 45.5 Å². The molecule has 24 heavy (non-hydrogen) atoms. The molecule has 2 aliphatic heterocycles. The molecule has 5 nitrogen and oxygen atoms in total. The van der Waals surface area contributed by atoms with Crippen molar-refractivity contribution in [1.29, 1.82) is 0 Å². The number of carbonyl (C=O) groups is 2. The SMILES string of the molecule is Cc1ccc(NC(=O)C[C@H]2SC(=S)N(C[C@@H]3CCCO3)C2=O)cc1. The van der Waals surface area contributed by atoms with Gasteiger partial charge in [0.25, 0.3) is 0 Å². The molecule has 0 unspecified atom stereocenters. The summed E-state index contributed by atoms with van der Waals surface area (Å²) >= 11 is 6.60. The van der Waals surface area contributed by atoms with Crippen LogP contribution in [0.3, 0.4) is 0 Å². The van der Waals surface area contributed by atoms with Crippen LogP contribution in [0.15, 0.2) is 24.3 Å². The van der Waals surface area contributed by atoms with Gasteiger partial charge in [-0.25, -0.2) is 0 Å². The van der Waals surface area contributed by atoms with Gasteiger partial charge in [0.05, 0.1) is 17.9 Å². The molecule has 2 heterocycles. The average molecular weight is 364 g/mol. The molecule has 128 valence electrons. The number of ether oxygens (including phenoxy) is 1. The fraction of sp³-hybridized carbons (Fsp3) is 0.471. The quantitative estimate of drug-likeness (QED) is 0.814. The van der Waals surface area contributed by atoms with Crippen LogP contribution in [0.1, 0.15) is 24.8 Å². The molecule has 2 saturated heterocycles. The minimum Gasteiger partial charge on any atom is -0.376 e. The number of benzene rings is 1. The van der Waals surface area contributed by atoms with E-state index in [4.69, 9.17) is 17.0 Å². The van der Waals surface area contributed by atoms with Gasteiger partial charge in [0, 0.05) is 18.7 Å². The highest BCUT2D eigenvalue weighted by Crippen LogP contribution is 2.31. The highest BCUT2D eigenvalue weighted by Gasteiger charge is 2.39. The number of amides is 2. The van der Waals surface area contributed by atoms with Gasteiger partial charge in [0.1, 0.15) is 4.32 Å². The van der Waals surface area contributed by atoms with Crippen molar-refractivity contribution in [2.45, 2.75) is 37.5 Å². The maximum absolute atomic E-state index is 12.5. The molecule has 2 aliphatic rings. The van der Waals surface area contributed by atoms with Gasteiger partial charge in [-0.1, -0.05) is 41.7 Å². The van der Waals surface area contributed by atoms with Crippen molar-refractivity contribution < 1.29 is 14.3 Å². The summed E-state index contributed by atoms with van der Waals surface area (Å²) in [5.74, 6) is -0.258. The predicted octanol–water partition coefficient (Wildman–Crippen LogP) is 2.73. The first kappa shape index (κ1) is 17.4. The zero-order valence-corrected chi connectivity index (χ0v) is 15.1. The Balaban J connectivity index is 1.55. The zero-order chi connectivity index (χ0) is 17.1. The molecular formula is C17H20N2O3S2. The fourth-order valence-electron chi connectivity index (χ4n) is 2.80. The van der Waals surface area contributed by atoms with Crippen LogP contribution in [0.5, 0.6) is 0 Å². The summed E-state index contributed by atoms with van der Waals surface area (Å²) in [7, 11) is 0. The van der Waals surface area contributed by atoms with E-state index < -0.39 is 5.25 Å². The Hall–Kier alpha value is -1.44. The van der Waals surface area contributed by atoms with Crippen LogP contribution < -0.4 is 5.32 Å². The van der Waals surface area contributed by atoms with Gasteiger partial charge in [-0.2, -0.15) is 0 Å². The monoisotopic (exact) mass is 364 g/mol. The number of rotatable bonds is 5. The third-order valence-corrected chi connectivity index (χ3v) is 5.71. The van der Waals surface area contributed by atoms with E-state index in [1.54, 1.807) is 4.90 Å². The first-order valence-corrected chi connectivity index (χ1v) is 9.32. The van der Waals surface area contributed by atoms with Gasteiger partial charge in [0.15, 0.2) is 0 Å². The number of nitrogens with one attached hydrogen (secondary N) is 1. The van der Waals surface area contributed by atoms with Crippen molar-refractivity contribution >= 4 is 45.8 Å². The lowest BCUT2D eigenvalue weighted by Gasteiger charge is -2.19. The Morgan fingerprint density at radius 1 is 1.42 bits per heavy atom. The largest absolute Gasteiger partial charge is 0.376 e. The van der Waals surface area contributed by atoms with Crippen LogP contribution in [0.2, 0.25) is 0 Å². The van der Waals surface area contributed by atoms with E-state index in [9.17, 15) is 9.59 Å². The second-order valence-corrected chi connectivity index (χ2v) is 7.91. The maximum Gasteiger partial charge on any atom is 0.242 e. The molecule has 0 aromatic heterocycles. The number of hydrogen-bond acceptors (Lipinski definition) is 5. The first-order chi connectivity index (χ1) is 11.5. The number of hydrogen-bond donors (Lipinski definition) is 1. The fourth-order valence-corrected chi connectivity index (χ4v) is 4.31. The molecule has 0 radical (unpaired) electrons. The van der Waals surface area contributed by atoms with Crippen molar-refractivity contribution in [2.24, 2.45) is 0 Å². The minimum absolute atomic E-state index is 0.0626. The standard InChI is InChI=1S/C17H20N2O3S2/c1-11-4-6-12(7-5-11)18-15(20)9-14-16(21)19(17(23)24-14)10-13-3-2-8-22-13/h4-7,13-14H,2-3,8-10H2,1H3,(H,18,20)/t13-,14+/m0/s1. The van der Waals surface area contributed by atoms with E-state index in [0.29, 0.717) is 10.9 Å². The summed E-state index contributed by atoms with van der Waals surface area (Å²) in [6, 6.07) is 7.57. The Bertz CT molecular complexity index is 642. The highest BCUT2D eigenvalue weighted by atomic mass is 32.2. The molecule has 0 aliphatic carbocycles. The topological polar surface area (TPSA) is 58.6 Å². The summed E-state index contributed by atoms with van der Waals surface area (Å²) in [4.78, 5) is 26.3. The van der Waals surface area contributed by atoms with Crippen LogP contribution in [0, 0.1) is 6.92 Å². The van der Waals surface area contributed by atoms with Crippen molar-refractivity contribution in [2.75, 3.05) is 18.5 Å². The van der Waals surface area contributed by atoms with Crippen LogP contribution in [0.25, 0.3) is 0 Å². The van der Waals surface area contributed by atoms with E-state index in [1.165, 1.54) is 11.8 Å². The van der Waals surface area contributed by atoms with Gasteiger partial charge in [0.2, 0.25) is 11.8 Å². The molecule has 2 amide bonds. The number of aryl methyl sites for hydroxylation is 1. The highest BCUT2D eigenvalue weighted by molar-refractivity contribution is 8.24. The lowest BCUT2D eigenvalue weighted by atomic mass is 10.2. The number of thioether (sulfide) groups is 1. The van der Waals surface area contributed by atoms with Gasteiger partial charge < -0.3 is 10.1 Å². The minimum atomic E-state index is -0.440. The summed E-state index contributed by atoms with van der Waals surface area (Å²) < 4.78 is 6.12. The molecule has 1 aromatic rings. The van der Waals surface area contributed by atoms with Crippen LogP contribution in [-0.2, 0) is 14.3 Å². The molecule has 0 bridgehead atoms. The van der Waals surface area contributed by atoms with E-state index in [0.717, 1.165) is 30.7 Å². The van der Waals surface area contributed by atoms with E-state index in [2.05, 4.69) is 5.32 Å². The Kier molecular flexibility index (Phi) is 5.53. The van der Waals surface area contributed by atoms with Gasteiger partial charge >= 0.3 is 0 Å². The summed E-state index contributed by atoms with van der Waals surface area (Å²) in [5, 5.41) is 2.39. The average Bonchev–Trinajstić information content (AvgIpc) is 3.14. The lowest BCUT2D eigenvalue weighted by Crippen LogP contribution is -2.38. The summed E-state index contributed by atoms with van der Waals surface area (Å²) in [5.41, 5.74) is 1.87. The second-order valence-electron chi connectivity index (χ2n) is 6.07. The van der Waals surface area contributed by atoms with Crippen molar-refractivity contribution in [3.63, 3.8) is 0 Å². The zero-order valence-electron chi connectivity index (χ0n) is 13.5. The van der Waals surface area contributed by atoms with E-state index in [-0.39, 0.29) is 24.3 Å². The maximum atomic E-state index is 12.5. The lowest BCUT2D eigenvalue weighted by molar-refractivity contribution is -0.129. The van der Waals surface area contributed by atoms with Crippen molar-refractivity contribution in [1.82, 2.24) is 4.90 Å². The van der Waals surface area contributed by atoms with Gasteiger partial charge in [-0.3, -0.25) is 14.5 Å². The van der Waals surface area contributed by atoms with Crippen LogP contribution >= 0.6 is 24.0 Å². The van der Waals surface area contributed by atoms with E-state index in [1.807, 2.05) is 31.2 Å². The molecule has 0 spiro atoms. The number of thiocarbonyl (C=S) groups is 1. The Labute approximate surface area is 151 Å². The number of carbonyl (C=O) groups excluding carboxylic acids is 2. The smallest absolute Gasteiger partial charge is 0.242 e. The number of anilines is 1. The van der Waals surface area contributed by atoms with Gasteiger partial charge in [-0.15, -0.1) is 0 Å². The molecule has 1 N–H and O–H groups in total. The van der Waals surface area contributed by atoms with Crippen molar-refractivity contribution in [3.05, 3.63) is 29.8 Å². The second kappa shape index (κ2) is 7.63. The third kappa shape index (κ3) is 4.15. The molecule has 0 saturated carbocycles. The van der Waals surface area contributed by atoms with Gasteiger partial charge in [-0.05, 0) is 31.9 Å². The normalized spacial score (nSPS) is 23.8. The molecule has 7 heteroatoms. The molecule has 1 aromatic carbocycles. The first-order valence-electron chi connectivity index (χ1n) is 8.03. The molecule has 2 fully saturated rings. The van der Waals surface area contributed by atoms with Crippen molar-refractivity contribution in [3.8, 4) is 0 Å². The molecule has 3 rings (SSSR count). The van der Waals surface area contributed by atoms with E-state index >= 15 is 0 Å². The predicted molar refractivity (Wildman–Crippen MR) is 99.1 cm³/mol. The number of nitrogens with zero attached hydrogens (tertiary/aromatic N) is 1. The molecular weight excluding hydrogens is 344 g/mol. The Morgan fingerprint density at radius 3 is 2.83 bits per heavy atom. The van der Waals surface area contributed by atoms with Crippen LogP contribution in [0.4, 0.5) is 5.69 Å². The summed E-state index contributed by atoms with van der Waals surface area (Å²) in [6.45, 7) is 3.23. The molecule has 2 atom stereocenters. The Morgan fingerprint density at radius 2 is 2.17 bits per heavy atom. The summed E-state index contributed by atoms with van der Waals surface area (Å²) in [6.07, 6.45) is 2.16.